The second-order valence-electron chi connectivity index (χ2n) is 15.6. The van der Waals surface area contributed by atoms with Crippen molar-refractivity contribution in [1.82, 2.24) is 48.9 Å². The zero-order valence-corrected chi connectivity index (χ0v) is 36.7. The van der Waals surface area contributed by atoms with E-state index in [1.54, 1.807) is 45.9 Å². The molecular weight excluding hydrogens is 841 g/mol. The molecular formula is C43H54N14O8. The van der Waals surface area contributed by atoms with Gasteiger partial charge in [0.1, 0.15) is 33.9 Å². The van der Waals surface area contributed by atoms with Gasteiger partial charge in [0.2, 0.25) is 23.7 Å². The van der Waals surface area contributed by atoms with E-state index in [0.29, 0.717) is 58.0 Å². The molecule has 0 aliphatic carbocycles. The first-order valence-electron chi connectivity index (χ1n) is 21.2. The quantitative estimate of drug-likeness (QED) is 0.0422. The fourth-order valence-electron chi connectivity index (χ4n) is 7.75. The lowest BCUT2D eigenvalue weighted by Crippen LogP contribution is -2.43. The maximum absolute atomic E-state index is 13.8. The van der Waals surface area contributed by atoms with Crippen LogP contribution in [0.4, 0.5) is 11.9 Å². The summed E-state index contributed by atoms with van der Waals surface area (Å²) in [6, 6.07) is 9.33. The Morgan fingerprint density at radius 2 is 1.34 bits per heavy atom. The Morgan fingerprint density at radius 3 is 1.86 bits per heavy atom. The number of anilines is 2. The number of carbonyl (C=O) groups is 4. The molecule has 9 N–H and O–H groups in total. The molecule has 7 rings (SSSR count). The van der Waals surface area contributed by atoms with Crippen molar-refractivity contribution in [3.8, 4) is 11.5 Å². The number of nitrogens with zero attached hydrogens (tertiary/aromatic N) is 9. The number of ether oxygens (including phenoxy) is 2. The molecule has 22 nitrogen and oxygen atoms in total. The number of aryl methyl sites for hydroxylation is 3. The molecule has 4 aromatic heterocycles. The lowest BCUT2D eigenvalue weighted by atomic mass is 10.1. The molecule has 5 heterocycles. The van der Waals surface area contributed by atoms with Gasteiger partial charge in [-0.1, -0.05) is 12.2 Å². The summed E-state index contributed by atoms with van der Waals surface area (Å²) < 4.78 is 18.4. The second-order valence-corrected chi connectivity index (χ2v) is 15.6. The predicted molar refractivity (Wildman–Crippen MR) is 240 cm³/mol. The van der Waals surface area contributed by atoms with Crippen LogP contribution < -0.4 is 36.9 Å². The minimum absolute atomic E-state index is 0.0852. The van der Waals surface area contributed by atoms with E-state index in [1.165, 1.54) is 30.0 Å². The molecule has 4 amide bonds. The Hall–Kier alpha value is -7.14. The number of imidazole rings is 2. The number of nitrogens with two attached hydrogens (primary N) is 2. The molecule has 1 aliphatic heterocycles. The van der Waals surface area contributed by atoms with E-state index in [9.17, 15) is 29.4 Å². The van der Waals surface area contributed by atoms with Gasteiger partial charge in [0.15, 0.2) is 0 Å². The van der Waals surface area contributed by atoms with E-state index in [1.807, 2.05) is 19.1 Å². The van der Waals surface area contributed by atoms with Crippen LogP contribution in [-0.4, -0.2) is 137 Å². The summed E-state index contributed by atoms with van der Waals surface area (Å²) >= 11 is 0. The molecule has 0 saturated carbocycles. The Bertz CT molecular complexity index is 2760. The fraction of sp³-hybridized carbons (Fsp3) is 0.395. The van der Waals surface area contributed by atoms with Crippen LogP contribution in [0, 0.1) is 13.8 Å². The number of aliphatic hydroxyl groups excluding tert-OH is 2. The number of piperazine rings is 1. The zero-order chi connectivity index (χ0) is 46.4. The zero-order valence-electron chi connectivity index (χ0n) is 36.7. The summed E-state index contributed by atoms with van der Waals surface area (Å²) in [6.45, 7) is 10.3. The molecule has 1 saturated heterocycles. The Kier molecular flexibility index (Phi) is 14.2. The van der Waals surface area contributed by atoms with Crippen molar-refractivity contribution >= 4 is 57.6 Å². The van der Waals surface area contributed by atoms with E-state index in [2.05, 4.69) is 36.0 Å². The molecule has 22 heteroatoms. The van der Waals surface area contributed by atoms with Gasteiger partial charge in [-0.15, -0.1) is 0 Å². The SMILES string of the molecule is CCn1nc(C)cc1C(=O)Nc1nc2cc(C(N)=O)cc(OCCCN3CCNCC3)c2n1C/C=C/Cn1c(NC(=O)c2cc(C)nn2CC(O)CO)nc2cc(C(N)=O)cc(OC)c21. The van der Waals surface area contributed by atoms with Crippen molar-refractivity contribution in [1.29, 1.82) is 0 Å². The van der Waals surface area contributed by atoms with Crippen molar-refractivity contribution in [2.24, 2.45) is 11.5 Å². The van der Waals surface area contributed by atoms with Gasteiger partial charge in [-0.05, 0) is 63.6 Å². The number of hydrogen-bond donors (Lipinski definition) is 7. The number of hydrogen-bond acceptors (Lipinski definition) is 14. The summed E-state index contributed by atoms with van der Waals surface area (Å²) in [4.78, 5) is 64.3. The smallest absolute Gasteiger partial charge is 0.276 e. The van der Waals surface area contributed by atoms with Crippen molar-refractivity contribution in [3.63, 3.8) is 0 Å². The minimum Gasteiger partial charge on any atom is -0.494 e. The van der Waals surface area contributed by atoms with E-state index < -0.39 is 36.3 Å². The average molecular weight is 895 g/mol. The summed E-state index contributed by atoms with van der Waals surface area (Å²) in [5.74, 6) is -1.55. The van der Waals surface area contributed by atoms with Crippen LogP contribution in [0.25, 0.3) is 22.1 Å². The lowest BCUT2D eigenvalue weighted by molar-refractivity contribution is 0.0764. The van der Waals surface area contributed by atoms with Crippen LogP contribution in [0.1, 0.15) is 66.4 Å². The predicted octanol–water partition coefficient (Wildman–Crippen LogP) is 1.41. The van der Waals surface area contributed by atoms with Crippen LogP contribution in [0.3, 0.4) is 0 Å². The monoisotopic (exact) mass is 894 g/mol. The molecule has 6 aromatic rings. The maximum atomic E-state index is 13.8. The molecule has 2 aromatic carbocycles. The minimum atomic E-state index is -1.16. The number of benzene rings is 2. The number of rotatable bonds is 20. The van der Waals surface area contributed by atoms with Gasteiger partial charge in [-0.3, -0.25) is 39.2 Å². The highest BCUT2D eigenvalue weighted by atomic mass is 16.5. The third kappa shape index (κ3) is 10.3. The highest BCUT2D eigenvalue weighted by molar-refractivity contribution is 6.05. The van der Waals surface area contributed by atoms with Gasteiger partial charge in [0.05, 0.1) is 55.4 Å². The number of nitrogens with one attached hydrogen (secondary N) is 3. The maximum Gasteiger partial charge on any atom is 0.276 e. The summed E-state index contributed by atoms with van der Waals surface area (Å²) in [6.07, 6.45) is 3.19. The van der Waals surface area contributed by atoms with Crippen molar-refractivity contribution in [2.75, 3.05) is 63.7 Å². The fourth-order valence-corrected chi connectivity index (χ4v) is 7.75. The van der Waals surface area contributed by atoms with Crippen LogP contribution in [0.2, 0.25) is 0 Å². The van der Waals surface area contributed by atoms with Gasteiger partial charge in [-0.2, -0.15) is 10.2 Å². The van der Waals surface area contributed by atoms with E-state index in [0.717, 1.165) is 39.1 Å². The molecule has 65 heavy (non-hydrogen) atoms. The molecule has 0 radical (unpaired) electrons. The van der Waals surface area contributed by atoms with Crippen molar-refractivity contribution in [3.05, 3.63) is 82.5 Å². The highest BCUT2D eigenvalue weighted by Crippen LogP contribution is 2.33. The molecule has 344 valence electrons. The molecule has 0 bridgehead atoms. The summed E-state index contributed by atoms with van der Waals surface area (Å²) in [5.41, 5.74) is 15.0. The second kappa shape index (κ2) is 20.1. The van der Waals surface area contributed by atoms with Crippen LogP contribution >= 0.6 is 0 Å². The number of aromatic nitrogens is 8. The average Bonchev–Trinajstić information content (AvgIpc) is 4.05. The largest absolute Gasteiger partial charge is 0.494 e. The first-order chi connectivity index (χ1) is 31.3. The first-order valence-corrected chi connectivity index (χ1v) is 21.2. The summed E-state index contributed by atoms with van der Waals surface area (Å²) in [7, 11) is 1.43. The van der Waals surface area contributed by atoms with Gasteiger partial charge >= 0.3 is 0 Å². The van der Waals surface area contributed by atoms with Crippen LogP contribution in [0.5, 0.6) is 11.5 Å². The molecule has 1 atom stereocenters. The van der Waals surface area contributed by atoms with E-state index in [-0.39, 0.29) is 54.1 Å². The number of aliphatic hydroxyl groups is 2. The lowest BCUT2D eigenvalue weighted by Gasteiger charge is -2.27. The third-order valence-corrected chi connectivity index (χ3v) is 10.8. The van der Waals surface area contributed by atoms with E-state index in [4.69, 9.17) is 25.9 Å². The standard InChI is InChI=1S/C43H54N14O8/c1-5-56-32(17-25(2)51-56)40(62)49-43-48-31-20-28(39(45)61)22-35(65-16-8-11-53-14-9-46-10-15-53)37(31)55(43)13-7-6-12-54-36-30(19-27(38(44)60)21-34(36)64-4)47-42(54)50-41(63)33-18-26(3)52-57(33)23-29(59)24-58/h6-7,17-22,29,46,58-59H,5,8-16,23-24H2,1-4H3,(H2,44,60)(H2,45,61)(H,47,50,63)(H,48,49,62)/b7-6+. The Labute approximate surface area is 373 Å². The molecule has 0 spiro atoms. The normalized spacial score (nSPS) is 13.8. The number of allylic oxidation sites excluding steroid dienone is 2. The van der Waals surface area contributed by atoms with Gasteiger partial charge in [0, 0.05) is 63.5 Å². The number of carbonyl (C=O) groups excluding carboxylic acids is 4. The topological polar surface area (TPSA) is 290 Å². The number of amides is 4. The number of fused-ring (bicyclic) bond motifs is 2. The van der Waals surface area contributed by atoms with Crippen LogP contribution in [0.15, 0.2) is 48.6 Å². The number of methoxy groups -OCH3 is 1. The third-order valence-electron chi connectivity index (χ3n) is 10.8. The number of primary amides is 2. The van der Waals surface area contributed by atoms with Crippen LogP contribution in [-0.2, 0) is 26.2 Å². The molecule has 1 fully saturated rings. The van der Waals surface area contributed by atoms with Gasteiger partial charge in [0.25, 0.3) is 11.8 Å². The van der Waals surface area contributed by atoms with Gasteiger partial charge < -0.3 is 50.5 Å². The summed E-state index contributed by atoms with van der Waals surface area (Å²) in [5, 5.41) is 37.4. The molecule has 1 unspecified atom stereocenters. The Morgan fingerprint density at radius 1 is 0.815 bits per heavy atom. The van der Waals surface area contributed by atoms with Crippen molar-refractivity contribution in [2.45, 2.75) is 59.5 Å². The van der Waals surface area contributed by atoms with Gasteiger partial charge in [-0.25, -0.2) is 9.97 Å². The highest BCUT2D eigenvalue weighted by Gasteiger charge is 2.24. The van der Waals surface area contributed by atoms with E-state index >= 15 is 0 Å². The molecule has 1 aliphatic rings. The first kappa shape index (κ1) is 45.9. The van der Waals surface area contributed by atoms with Crippen molar-refractivity contribution < 1.29 is 38.9 Å². The Balaban J connectivity index is 1.25.